The van der Waals surface area contributed by atoms with Crippen LogP contribution in [0.5, 0.6) is 0 Å². The monoisotopic (exact) mass is 284 g/mol. The maximum absolute atomic E-state index is 12.5. The molecule has 0 fully saturated rings. The molecule has 0 aliphatic heterocycles. The summed E-state index contributed by atoms with van der Waals surface area (Å²) in [6.45, 7) is 0.476. The first-order valence-corrected chi connectivity index (χ1v) is 6.59. The van der Waals surface area contributed by atoms with Gasteiger partial charge in [-0.05, 0) is 6.07 Å². The molecule has 108 valence electrons. The van der Waals surface area contributed by atoms with E-state index >= 15 is 0 Å². The minimum absolute atomic E-state index is 0.156. The molecule has 0 aliphatic rings. The summed E-state index contributed by atoms with van der Waals surface area (Å²) >= 11 is 0. The SMILES string of the molecule is COCCOC(=O)c1ccccc1C(=O)c1ccccc1. The van der Waals surface area contributed by atoms with E-state index in [4.69, 9.17) is 9.47 Å². The lowest BCUT2D eigenvalue weighted by Gasteiger charge is -2.08. The van der Waals surface area contributed by atoms with E-state index in [0.717, 1.165) is 0 Å². The number of esters is 1. The number of hydrogen-bond acceptors (Lipinski definition) is 4. The molecule has 2 aromatic rings. The first-order valence-electron chi connectivity index (χ1n) is 6.59. The maximum Gasteiger partial charge on any atom is 0.338 e. The topological polar surface area (TPSA) is 52.6 Å². The van der Waals surface area contributed by atoms with Crippen molar-refractivity contribution in [2.45, 2.75) is 0 Å². The van der Waals surface area contributed by atoms with Gasteiger partial charge in [0, 0.05) is 18.2 Å². The quantitative estimate of drug-likeness (QED) is 0.465. The number of ether oxygens (including phenoxy) is 2. The molecule has 0 aromatic heterocycles. The summed E-state index contributed by atoms with van der Waals surface area (Å²) in [5.74, 6) is -0.721. The molecule has 0 spiro atoms. The third kappa shape index (κ3) is 3.77. The van der Waals surface area contributed by atoms with Crippen LogP contribution in [0, 0.1) is 0 Å². The molecule has 0 atom stereocenters. The summed E-state index contributed by atoms with van der Waals surface area (Å²) in [6.07, 6.45) is 0. The molecule has 2 rings (SSSR count). The van der Waals surface area contributed by atoms with Crippen molar-refractivity contribution in [3.05, 3.63) is 71.3 Å². The highest BCUT2D eigenvalue weighted by Crippen LogP contribution is 2.15. The number of benzene rings is 2. The molecule has 4 nitrogen and oxygen atoms in total. The second-order valence-electron chi connectivity index (χ2n) is 4.37. The van der Waals surface area contributed by atoms with E-state index < -0.39 is 5.97 Å². The highest BCUT2D eigenvalue weighted by atomic mass is 16.6. The zero-order valence-electron chi connectivity index (χ0n) is 11.7. The molecule has 2 aromatic carbocycles. The van der Waals surface area contributed by atoms with Crippen molar-refractivity contribution in [3.8, 4) is 0 Å². The summed E-state index contributed by atoms with van der Waals surface area (Å²) in [4.78, 5) is 24.5. The number of methoxy groups -OCH3 is 1. The van der Waals surface area contributed by atoms with Gasteiger partial charge >= 0.3 is 5.97 Å². The Bertz CT molecular complexity index is 620. The van der Waals surface area contributed by atoms with Crippen molar-refractivity contribution in [2.24, 2.45) is 0 Å². The molecule has 4 heteroatoms. The van der Waals surface area contributed by atoms with E-state index in [1.165, 1.54) is 7.11 Å². The molecule has 0 heterocycles. The molecular weight excluding hydrogens is 268 g/mol. The molecule has 0 unspecified atom stereocenters. The minimum Gasteiger partial charge on any atom is -0.460 e. The summed E-state index contributed by atoms with van der Waals surface area (Å²) < 4.78 is 9.91. The van der Waals surface area contributed by atoms with Gasteiger partial charge in [0.05, 0.1) is 12.2 Å². The third-order valence-corrected chi connectivity index (χ3v) is 2.95. The molecule has 0 N–H and O–H groups in total. The van der Waals surface area contributed by atoms with E-state index in [1.54, 1.807) is 48.5 Å². The van der Waals surface area contributed by atoms with Gasteiger partial charge in [-0.3, -0.25) is 4.79 Å². The van der Waals surface area contributed by atoms with E-state index in [9.17, 15) is 9.59 Å². The van der Waals surface area contributed by atoms with Crippen molar-refractivity contribution in [1.29, 1.82) is 0 Å². The molecule has 0 radical (unpaired) electrons. The van der Waals surface area contributed by atoms with E-state index in [2.05, 4.69) is 0 Å². The Morgan fingerprint density at radius 1 is 0.857 bits per heavy atom. The Morgan fingerprint density at radius 3 is 2.14 bits per heavy atom. The van der Waals surface area contributed by atoms with Crippen LogP contribution in [-0.2, 0) is 9.47 Å². The first kappa shape index (κ1) is 14.9. The van der Waals surface area contributed by atoms with Crippen molar-refractivity contribution in [1.82, 2.24) is 0 Å². The van der Waals surface area contributed by atoms with Gasteiger partial charge < -0.3 is 9.47 Å². The molecule has 0 bridgehead atoms. The van der Waals surface area contributed by atoms with Crippen molar-refractivity contribution < 1.29 is 19.1 Å². The Hall–Kier alpha value is -2.46. The highest BCUT2D eigenvalue weighted by Gasteiger charge is 2.18. The van der Waals surface area contributed by atoms with Crippen LogP contribution in [0.15, 0.2) is 54.6 Å². The van der Waals surface area contributed by atoms with Crippen LogP contribution < -0.4 is 0 Å². The zero-order valence-corrected chi connectivity index (χ0v) is 11.7. The minimum atomic E-state index is -0.521. The highest BCUT2D eigenvalue weighted by molar-refractivity contribution is 6.14. The van der Waals surface area contributed by atoms with Crippen molar-refractivity contribution in [3.63, 3.8) is 0 Å². The fourth-order valence-corrected chi connectivity index (χ4v) is 1.90. The lowest BCUT2D eigenvalue weighted by molar-refractivity contribution is 0.0386. The van der Waals surface area contributed by atoms with Crippen molar-refractivity contribution in [2.75, 3.05) is 20.3 Å². The fraction of sp³-hybridized carbons (Fsp3) is 0.176. The van der Waals surface area contributed by atoms with Gasteiger partial charge in [0.1, 0.15) is 6.61 Å². The van der Waals surface area contributed by atoms with Crippen LogP contribution in [-0.4, -0.2) is 32.1 Å². The number of carbonyl (C=O) groups excluding carboxylic acids is 2. The van der Waals surface area contributed by atoms with Gasteiger partial charge in [-0.2, -0.15) is 0 Å². The van der Waals surface area contributed by atoms with Gasteiger partial charge in [0.2, 0.25) is 0 Å². The van der Waals surface area contributed by atoms with E-state index in [0.29, 0.717) is 17.7 Å². The molecule has 21 heavy (non-hydrogen) atoms. The lowest BCUT2D eigenvalue weighted by atomic mass is 9.98. The largest absolute Gasteiger partial charge is 0.460 e. The van der Waals surface area contributed by atoms with Crippen LogP contribution in [0.2, 0.25) is 0 Å². The van der Waals surface area contributed by atoms with E-state index in [-0.39, 0.29) is 18.0 Å². The Kier molecular flexibility index (Phi) is 5.23. The maximum atomic E-state index is 12.5. The molecule has 0 saturated carbocycles. The van der Waals surface area contributed by atoms with Crippen molar-refractivity contribution >= 4 is 11.8 Å². The summed E-state index contributed by atoms with van der Waals surface area (Å²) in [5.41, 5.74) is 1.14. The molecule has 0 aliphatic carbocycles. The summed E-state index contributed by atoms with van der Waals surface area (Å²) in [6, 6.07) is 15.5. The second-order valence-corrected chi connectivity index (χ2v) is 4.37. The van der Waals surface area contributed by atoms with Gasteiger partial charge in [-0.25, -0.2) is 4.79 Å². The molecule has 0 amide bonds. The van der Waals surface area contributed by atoms with Crippen LogP contribution in [0.4, 0.5) is 0 Å². The summed E-state index contributed by atoms with van der Waals surface area (Å²) in [5, 5.41) is 0. The number of ketones is 1. The average Bonchev–Trinajstić information content (AvgIpc) is 2.55. The van der Waals surface area contributed by atoms with Gasteiger partial charge in [0.15, 0.2) is 5.78 Å². The predicted molar refractivity (Wildman–Crippen MR) is 78.5 cm³/mol. The molecule has 0 saturated heterocycles. The smallest absolute Gasteiger partial charge is 0.338 e. The fourth-order valence-electron chi connectivity index (χ4n) is 1.90. The number of rotatable bonds is 6. The number of carbonyl (C=O) groups is 2. The third-order valence-electron chi connectivity index (χ3n) is 2.95. The van der Waals surface area contributed by atoms with Crippen LogP contribution in [0.3, 0.4) is 0 Å². The van der Waals surface area contributed by atoms with Gasteiger partial charge in [-0.15, -0.1) is 0 Å². The second kappa shape index (κ2) is 7.36. The first-order chi connectivity index (χ1) is 10.2. The lowest BCUT2D eigenvalue weighted by Crippen LogP contribution is -2.14. The van der Waals surface area contributed by atoms with Crippen LogP contribution in [0.25, 0.3) is 0 Å². The standard InChI is InChI=1S/C17H16O4/c1-20-11-12-21-17(19)15-10-6-5-9-14(15)16(18)13-7-3-2-4-8-13/h2-10H,11-12H2,1H3. The Balaban J connectivity index is 2.25. The predicted octanol–water partition coefficient (Wildman–Crippen LogP) is 2.72. The van der Waals surface area contributed by atoms with Gasteiger partial charge in [0.25, 0.3) is 0 Å². The summed E-state index contributed by atoms with van der Waals surface area (Å²) in [7, 11) is 1.53. The van der Waals surface area contributed by atoms with Crippen LogP contribution >= 0.6 is 0 Å². The van der Waals surface area contributed by atoms with Gasteiger partial charge in [-0.1, -0.05) is 48.5 Å². The Labute approximate surface area is 123 Å². The zero-order chi connectivity index (χ0) is 15.1. The Morgan fingerprint density at radius 2 is 1.48 bits per heavy atom. The average molecular weight is 284 g/mol. The number of hydrogen-bond donors (Lipinski definition) is 0. The normalized spacial score (nSPS) is 10.1. The molecular formula is C17H16O4. The van der Waals surface area contributed by atoms with Crippen LogP contribution in [0.1, 0.15) is 26.3 Å². The van der Waals surface area contributed by atoms with E-state index in [1.807, 2.05) is 6.07 Å².